The quantitative estimate of drug-likeness (QED) is 0.770. The SMILES string of the molecule is CC.CCS/C(SC)=C(\C#N)n1ccnc1. The highest BCUT2D eigenvalue weighted by atomic mass is 32.2. The Morgan fingerprint density at radius 3 is 2.56 bits per heavy atom. The minimum absolute atomic E-state index is 0.654. The van der Waals surface area contributed by atoms with Gasteiger partial charge in [0.1, 0.15) is 11.8 Å². The number of nitrogens with zero attached hydrogens (tertiary/aromatic N) is 3. The molecule has 0 saturated heterocycles. The van der Waals surface area contributed by atoms with Crippen LogP contribution in [0.15, 0.2) is 23.0 Å². The highest BCUT2D eigenvalue weighted by molar-refractivity contribution is 8.22. The summed E-state index contributed by atoms with van der Waals surface area (Å²) in [5.41, 5.74) is 0.654. The van der Waals surface area contributed by atoms with Gasteiger partial charge >= 0.3 is 0 Å². The number of hydrogen-bond donors (Lipinski definition) is 0. The van der Waals surface area contributed by atoms with E-state index in [-0.39, 0.29) is 0 Å². The summed E-state index contributed by atoms with van der Waals surface area (Å²) in [5, 5.41) is 9.04. The molecule has 0 spiro atoms. The van der Waals surface area contributed by atoms with Gasteiger partial charge in [-0.1, -0.05) is 20.8 Å². The van der Waals surface area contributed by atoms with E-state index >= 15 is 0 Å². The number of allylic oxidation sites excluding steroid dienone is 1. The van der Waals surface area contributed by atoms with Crippen LogP contribution in [0.25, 0.3) is 5.70 Å². The first kappa shape index (κ1) is 15.1. The number of aromatic nitrogens is 2. The molecule has 0 bridgehead atoms. The fraction of sp³-hybridized carbons (Fsp3) is 0.455. The largest absolute Gasteiger partial charge is 0.296 e. The van der Waals surface area contributed by atoms with Crippen LogP contribution in [0.3, 0.4) is 0 Å². The Kier molecular flexibility index (Phi) is 8.87. The summed E-state index contributed by atoms with van der Waals surface area (Å²) in [5.74, 6) is 0.968. The molecule has 5 heteroatoms. The monoisotopic (exact) mass is 255 g/mol. The fourth-order valence-corrected chi connectivity index (χ4v) is 2.67. The van der Waals surface area contributed by atoms with Crippen molar-refractivity contribution in [3.8, 4) is 6.07 Å². The van der Waals surface area contributed by atoms with Crippen molar-refractivity contribution in [3.05, 3.63) is 23.0 Å². The predicted molar refractivity (Wildman–Crippen MR) is 74.1 cm³/mol. The lowest BCUT2D eigenvalue weighted by Gasteiger charge is -2.05. The van der Waals surface area contributed by atoms with Crippen LogP contribution < -0.4 is 0 Å². The molecule has 0 aliphatic carbocycles. The molecule has 1 aromatic heterocycles. The maximum absolute atomic E-state index is 9.04. The van der Waals surface area contributed by atoms with E-state index in [4.69, 9.17) is 5.26 Å². The number of rotatable bonds is 4. The Morgan fingerprint density at radius 2 is 2.19 bits per heavy atom. The van der Waals surface area contributed by atoms with Gasteiger partial charge in [-0.05, 0) is 12.0 Å². The van der Waals surface area contributed by atoms with Crippen LogP contribution >= 0.6 is 23.5 Å². The van der Waals surface area contributed by atoms with Gasteiger partial charge < -0.3 is 0 Å². The number of hydrogen-bond acceptors (Lipinski definition) is 4. The molecule has 0 radical (unpaired) electrons. The number of nitriles is 1. The minimum Gasteiger partial charge on any atom is -0.296 e. The lowest BCUT2D eigenvalue weighted by Crippen LogP contribution is -1.93. The first-order chi connectivity index (χ1) is 7.83. The third kappa shape index (κ3) is 4.33. The van der Waals surface area contributed by atoms with Crippen molar-refractivity contribution in [2.75, 3.05) is 12.0 Å². The van der Waals surface area contributed by atoms with Crippen LogP contribution in [-0.2, 0) is 0 Å². The molecule has 0 aliphatic rings. The molecule has 1 rings (SSSR count). The van der Waals surface area contributed by atoms with Gasteiger partial charge in [-0.3, -0.25) is 4.57 Å². The summed E-state index contributed by atoms with van der Waals surface area (Å²) in [7, 11) is 0. The summed E-state index contributed by atoms with van der Waals surface area (Å²) in [6.07, 6.45) is 7.08. The Labute approximate surface area is 106 Å². The summed E-state index contributed by atoms with van der Waals surface area (Å²) >= 11 is 3.28. The van der Waals surface area contributed by atoms with E-state index in [1.54, 1.807) is 46.8 Å². The van der Waals surface area contributed by atoms with Crippen molar-refractivity contribution >= 4 is 29.2 Å². The van der Waals surface area contributed by atoms with Gasteiger partial charge in [-0.25, -0.2) is 4.98 Å². The molecular weight excluding hydrogens is 238 g/mol. The molecule has 0 N–H and O–H groups in total. The molecule has 1 heterocycles. The minimum atomic E-state index is 0.654. The molecule has 3 nitrogen and oxygen atoms in total. The lowest BCUT2D eigenvalue weighted by atomic mass is 10.5. The third-order valence-corrected chi connectivity index (χ3v) is 3.68. The Morgan fingerprint density at radius 1 is 1.50 bits per heavy atom. The van der Waals surface area contributed by atoms with Crippen LogP contribution in [0.5, 0.6) is 0 Å². The summed E-state index contributed by atoms with van der Waals surface area (Å²) in [4.78, 5) is 3.93. The first-order valence-corrected chi connectivity index (χ1v) is 7.34. The summed E-state index contributed by atoms with van der Waals surface area (Å²) in [6.45, 7) is 6.07. The van der Waals surface area contributed by atoms with E-state index in [1.807, 2.05) is 20.1 Å². The molecule has 0 aromatic carbocycles. The second-order valence-electron chi connectivity index (χ2n) is 2.35. The number of imidazole rings is 1. The second kappa shape index (κ2) is 9.37. The van der Waals surface area contributed by atoms with Crippen LogP contribution in [0.2, 0.25) is 0 Å². The summed E-state index contributed by atoms with van der Waals surface area (Å²) < 4.78 is 2.78. The zero-order valence-electron chi connectivity index (χ0n) is 10.1. The van der Waals surface area contributed by atoms with E-state index in [0.29, 0.717) is 5.70 Å². The standard InChI is InChI=1S/C9H11N3S2.C2H6/c1-3-14-9(13-2)8(6-10)12-5-4-11-7-12;1-2/h4-5,7H,3H2,1-2H3;1-2H3/b9-8+;. The second-order valence-corrected chi connectivity index (χ2v) is 4.70. The van der Waals surface area contributed by atoms with Crippen LogP contribution in [0, 0.1) is 11.3 Å². The smallest absolute Gasteiger partial charge is 0.145 e. The maximum Gasteiger partial charge on any atom is 0.145 e. The average molecular weight is 255 g/mol. The molecule has 0 saturated carbocycles. The summed E-state index contributed by atoms with van der Waals surface area (Å²) in [6, 6.07) is 2.20. The van der Waals surface area contributed by atoms with Crippen molar-refractivity contribution in [1.29, 1.82) is 5.26 Å². The van der Waals surface area contributed by atoms with Crippen molar-refractivity contribution in [3.63, 3.8) is 0 Å². The molecule has 0 aliphatic heterocycles. The molecule has 0 unspecified atom stereocenters. The zero-order valence-corrected chi connectivity index (χ0v) is 11.7. The normalized spacial score (nSPS) is 10.9. The van der Waals surface area contributed by atoms with Gasteiger partial charge in [0.15, 0.2) is 0 Å². The van der Waals surface area contributed by atoms with E-state index in [9.17, 15) is 0 Å². The van der Waals surface area contributed by atoms with Crippen LogP contribution in [-0.4, -0.2) is 21.6 Å². The lowest BCUT2D eigenvalue weighted by molar-refractivity contribution is 1.10. The molecule has 0 fully saturated rings. The molecular formula is C11H17N3S2. The van der Waals surface area contributed by atoms with Gasteiger partial charge in [0.25, 0.3) is 0 Å². The van der Waals surface area contributed by atoms with E-state index < -0.39 is 0 Å². The molecule has 1 aromatic rings. The molecule has 0 atom stereocenters. The molecule has 0 amide bonds. The van der Waals surface area contributed by atoms with Crippen LogP contribution in [0.4, 0.5) is 0 Å². The first-order valence-electron chi connectivity index (χ1n) is 5.13. The third-order valence-electron chi connectivity index (χ3n) is 1.52. The van der Waals surface area contributed by atoms with Gasteiger partial charge in [0, 0.05) is 12.4 Å². The Bertz CT molecular complexity index is 350. The van der Waals surface area contributed by atoms with E-state index in [1.165, 1.54) is 0 Å². The topological polar surface area (TPSA) is 41.6 Å². The highest BCUT2D eigenvalue weighted by Gasteiger charge is 2.07. The van der Waals surface area contributed by atoms with Crippen molar-refractivity contribution in [1.82, 2.24) is 9.55 Å². The van der Waals surface area contributed by atoms with E-state index in [2.05, 4.69) is 18.0 Å². The van der Waals surface area contributed by atoms with Gasteiger partial charge in [0.2, 0.25) is 0 Å². The highest BCUT2D eigenvalue weighted by Crippen LogP contribution is 2.31. The Hall–Kier alpha value is -0.860. The zero-order chi connectivity index (χ0) is 12.4. The van der Waals surface area contributed by atoms with Crippen molar-refractivity contribution in [2.45, 2.75) is 20.8 Å². The van der Waals surface area contributed by atoms with Gasteiger partial charge in [-0.15, -0.1) is 23.5 Å². The van der Waals surface area contributed by atoms with Crippen LogP contribution in [0.1, 0.15) is 20.8 Å². The Balaban J connectivity index is 0.00000106. The number of thioether (sulfide) groups is 2. The predicted octanol–water partition coefficient (Wildman–Crippen LogP) is 3.68. The molecule has 16 heavy (non-hydrogen) atoms. The van der Waals surface area contributed by atoms with Gasteiger partial charge in [0.05, 0.1) is 10.6 Å². The van der Waals surface area contributed by atoms with E-state index in [0.717, 1.165) is 9.99 Å². The van der Waals surface area contributed by atoms with Gasteiger partial charge in [-0.2, -0.15) is 5.26 Å². The molecule has 88 valence electrons. The fourth-order valence-electron chi connectivity index (χ4n) is 0.955. The average Bonchev–Trinajstić information content (AvgIpc) is 2.85. The maximum atomic E-state index is 9.04. The van der Waals surface area contributed by atoms with Crippen molar-refractivity contribution < 1.29 is 0 Å². The van der Waals surface area contributed by atoms with Crippen molar-refractivity contribution in [2.24, 2.45) is 0 Å².